The molecule has 9 heteroatoms. The van der Waals surface area contributed by atoms with E-state index in [0.29, 0.717) is 28.9 Å². The van der Waals surface area contributed by atoms with Gasteiger partial charge in [-0.25, -0.2) is 4.98 Å². The molecular weight excluding hydrogens is 382 g/mol. The summed E-state index contributed by atoms with van der Waals surface area (Å²) in [7, 11) is 0. The number of para-hydroxylation sites is 1. The Labute approximate surface area is 168 Å². The number of hydrogen-bond donors (Lipinski definition) is 3. The lowest BCUT2D eigenvalue weighted by Gasteiger charge is -2.25. The number of thiazole rings is 1. The van der Waals surface area contributed by atoms with Crippen LogP contribution < -0.4 is 21.1 Å². The minimum absolute atomic E-state index is 0.252. The van der Waals surface area contributed by atoms with Crippen LogP contribution in [0.25, 0.3) is 0 Å². The summed E-state index contributed by atoms with van der Waals surface area (Å²) in [5.41, 5.74) is 8.20. The van der Waals surface area contributed by atoms with Crippen molar-refractivity contribution in [3.05, 3.63) is 40.4 Å². The number of amides is 1. The summed E-state index contributed by atoms with van der Waals surface area (Å²) in [6, 6.07) is 7.92. The molecule has 1 amide bonds. The van der Waals surface area contributed by atoms with Crippen LogP contribution in [-0.4, -0.2) is 42.3 Å². The lowest BCUT2D eigenvalue weighted by molar-refractivity contribution is 0.0947. The molecule has 27 heavy (non-hydrogen) atoms. The van der Waals surface area contributed by atoms with E-state index in [0.717, 1.165) is 35.9 Å². The first-order valence-electron chi connectivity index (χ1n) is 8.84. The van der Waals surface area contributed by atoms with Crippen LogP contribution in [0.15, 0.2) is 24.3 Å². The number of hydrogen-bond acceptors (Lipinski definition) is 6. The maximum absolute atomic E-state index is 12.5. The molecular formula is C18H23N5O2S2. The van der Waals surface area contributed by atoms with Gasteiger partial charge in [0.05, 0.1) is 18.9 Å². The van der Waals surface area contributed by atoms with Crippen molar-refractivity contribution in [2.75, 3.05) is 36.5 Å². The fraction of sp³-hybridized carbons (Fsp3) is 0.389. The van der Waals surface area contributed by atoms with E-state index in [1.165, 1.54) is 11.3 Å². The zero-order valence-electron chi connectivity index (χ0n) is 15.4. The van der Waals surface area contributed by atoms with E-state index in [4.69, 9.17) is 17.0 Å². The van der Waals surface area contributed by atoms with Crippen molar-refractivity contribution < 1.29 is 9.53 Å². The van der Waals surface area contributed by atoms with Crippen LogP contribution in [0.5, 0.6) is 0 Å². The molecule has 1 saturated heterocycles. The van der Waals surface area contributed by atoms with Crippen molar-refractivity contribution in [3.63, 3.8) is 0 Å². The van der Waals surface area contributed by atoms with Crippen molar-refractivity contribution >= 4 is 45.4 Å². The van der Waals surface area contributed by atoms with Gasteiger partial charge in [-0.1, -0.05) is 36.5 Å². The van der Waals surface area contributed by atoms with E-state index in [-0.39, 0.29) is 5.91 Å². The number of morpholine rings is 1. The summed E-state index contributed by atoms with van der Waals surface area (Å²) < 4.78 is 5.36. The number of nitrogens with zero attached hydrogens (tertiary/aromatic N) is 2. The maximum atomic E-state index is 12.5. The van der Waals surface area contributed by atoms with Crippen molar-refractivity contribution in [1.82, 2.24) is 15.8 Å². The van der Waals surface area contributed by atoms with Crippen LogP contribution in [0.3, 0.4) is 0 Å². The normalized spacial score (nSPS) is 13.9. The molecule has 0 unspecified atom stereocenters. The summed E-state index contributed by atoms with van der Waals surface area (Å²) in [4.78, 5) is 19.7. The van der Waals surface area contributed by atoms with Gasteiger partial charge >= 0.3 is 0 Å². The first-order valence-corrected chi connectivity index (χ1v) is 10.1. The quantitative estimate of drug-likeness (QED) is 0.533. The standard InChI is InChI=1S/C18H23N5O2S2/c1-3-13-6-4-5-7-14(13)20-17(26)22-21-16(24)15-12(2)19-18(27-15)23-8-10-25-11-9-23/h4-7H,3,8-11H2,1-2H3,(H,21,24)(H2,20,22,26). The number of aromatic nitrogens is 1. The molecule has 0 bridgehead atoms. The molecule has 0 saturated carbocycles. The third-order valence-corrected chi connectivity index (χ3v) is 5.63. The van der Waals surface area contributed by atoms with Crippen LogP contribution in [-0.2, 0) is 11.2 Å². The molecule has 1 aromatic carbocycles. The lowest BCUT2D eigenvalue weighted by atomic mass is 10.1. The minimum Gasteiger partial charge on any atom is -0.378 e. The predicted molar refractivity (Wildman–Crippen MR) is 113 cm³/mol. The van der Waals surface area contributed by atoms with Crippen LogP contribution >= 0.6 is 23.6 Å². The molecule has 0 atom stereocenters. The van der Waals surface area contributed by atoms with E-state index in [9.17, 15) is 4.79 Å². The van der Waals surface area contributed by atoms with Gasteiger partial charge in [0.25, 0.3) is 5.91 Å². The molecule has 0 radical (unpaired) electrons. The van der Waals surface area contributed by atoms with E-state index in [1.807, 2.05) is 31.2 Å². The van der Waals surface area contributed by atoms with Gasteiger partial charge in [0.1, 0.15) is 4.88 Å². The highest BCUT2D eigenvalue weighted by Crippen LogP contribution is 2.26. The Morgan fingerprint density at radius 2 is 2.04 bits per heavy atom. The van der Waals surface area contributed by atoms with E-state index in [2.05, 4.69) is 33.0 Å². The van der Waals surface area contributed by atoms with E-state index in [1.54, 1.807) is 0 Å². The average Bonchev–Trinajstić information content (AvgIpc) is 3.09. The highest BCUT2D eigenvalue weighted by atomic mass is 32.1. The second-order valence-electron chi connectivity index (χ2n) is 6.05. The van der Waals surface area contributed by atoms with Crippen LogP contribution in [0, 0.1) is 6.92 Å². The van der Waals surface area contributed by atoms with Gasteiger partial charge in [-0.05, 0) is 37.2 Å². The van der Waals surface area contributed by atoms with Gasteiger partial charge in [-0.3, -0.25) is 15.6 Å². The Morgan fingerprint density at radius 1 is 1.30 bits per heavy atom. The highest BCUT2D eigenvalue weighted by molar-refractivity contribution is 7.80. The van der Waals surface area contributed by atoms with Gasteiger partial charge < -0.3 is 15.0 Å². The van der Waals surface area contributed by atoms with Crippen LogP contribution in [0.4, 0.5) is 10.8 Å². The molecule has 7 nitrogen and oxygen atoms in total. The summed E-state index contributed by atoms with van der Waals surface area (Å²) in [6.45, 7) is 6.86. The Balaban J connectivity index is 1.57. The number of anilines is 2. The van der Waals surface area contributed by atoms with Crippen LogP contribution in [0.2, 0.25) is 0 Å². The Kier molecular flexibility index (Phi) is 6.59. The Hall–Kier alpha value is -2.23. The zero-order valence-corrected chi connectivity index (χ0v) is 17.0. The van der Waals surface area contributed by atoms with Crippen molar-refractivity contribution in [2.45, 2.75) is 20.3 Å². The fourth-order valence-electron chi connectivity index (χ4n) is 2.76. The molecule has 0 spiro atoms. The Morgan fingerprint density at radius 3 is 2.78 bits per heavy atom. The number of nitrogens with one attached hydrogen (secondary N) is 3. The number of carbonyl (C=O) groups is 1. The molecule has 1 aliphatic rings. The van der Waals surface area contributed by atoms with Crippen molar-refractivity contribution in [2.24, 2.45) is 0 Å². The summed E-state index contributed by atoms with van der Waals surface area (Å²) in [6.07, 6.45) is 0.891. The smallest absolute Gasteiger partial charge is 0.281 e. The zero-order chi connectivity index (χ0) is 19.2. The highest BCUT2D eigenvalue weighted by Gasteiger charge is 2.20. The van der Waals surface area contributed by atoms with Crippen molar-refractivity contribution in [1.29, 1.82) is 0 Å². The summed E-state index contributed by atoms with van der Waals surface area (Å²) in [5.74, 6) is -0.252. The topological polar surface area (TPSA) is 78.5 Å². The fourth-order valence-corrected chi connectivity index (χ4v) is 3.93. The number of carbonyl (C=O) groups excluding carboxylic acids is 1. The van der Waals surface area contributed by atoms with E-state index >= 15 is 0 Å². The first kappa shape index (κ1) is 19.5. The van der Waals surface area contributed by atoms with Gasteiger partial charge in [-0.15, -0.1) is 0 Å². The molecule has 0 aliphatic carbocycles. The number of benzene rings is 1. The second kappa shape index (κ2) is 9.12. The number of aryl methyl sites for hydroxylation is 2. The van der Waals surface area contributed by atoms with Crippen molar-refractivity contribution in [3.8, 4) is 0 Å². The third-order valence-electron chi connectivity index (χ3n) is 4.21. The average molecular weight is 406 g/mol. The van der Waals surface area contributed by atoms with E-state index < -0.39 is 0 Å². The lowest BCUT2D eigenvalue weighted by Crippen LogP contribution is -2.43. The SMILES string of the molecule is CCc1ccccc1NC(=S)NNC(=O)c1sc(N2CCOCC2)nc1C. The molecule has 3 N–H and O–H groups in total. The number of ether oxygens (including phenoxy) is 1. The third kappa shape index (κ3) is 4.94. The second-order valence-corrected chi connectivity index (χ2v) is 7.44. The van der Waals surface area contributed by atoms with Gasteiger partial charge in [0.2, 0.25) is 0 Å². The summed E-state index contributed by atoms with van der Waals surface area (Å²) >= 11 is 6.66. The first-order chi connectivity index (χ1) is 13.1. The number of hydrazine groups is 1. The molecule has 1 aliphatic heterocycles. The maximum Gasteiger partial charge on any atom is 0.281 e. The monoisotopic (exact) mass is 405 g/mol. The molecule has 2 heterocycles. The predicted octanol–water partition coefficient (Wildman–Crippen LogP) is 2.48. The Bertz CT molecular complexity index is 818. The molecule has 1 aromatic heterocycles. The number of rotatable bonds is 4. The van der Waals surface area contributed by atoms with Gasteiger partial charge in [0.15, 0.2) is 10.2 Å². The van der Waals surface area contributed by atoms with Crippen LogP contribution in [0.1, 0.15) is 27.9 Å². The summed E-state index contributed by atoms with van der Waals surface area (Å²) in [5, 5.41) is 4.29. The molecule has 2 aromatic rings. The number of thiocarbonyl (C=S) groups is 1. The van der Waals surface area contributed by atoms with Gasteiger partial charge in [-0.2, -0.15) is 0 Å². The van der Waals surface area contributed by atoms with Gasteiger partial charge in [0, 0.05) is 18.8 Å². The molecule has 1 fully saturated rings. The molecule has 144 valence electrons. The largest absolute Gasteiger partial charge is 0.378 e. The minimum atomic E-state index is -0.252. The molecule has 3 rings (SSSR count).